The second-order valence-electron chi connectivity index (χ2n) is 15.8. The molecule has 0 saturated carbocycles. The molecule has 2 saturated heterocycles. The topological polar surface area (TPSA) is 187 Å². The highest BCUT2D eigenvalue weighted by Crippen LogP contribution is 2.30. The molecule has 3 N–H and O–H groups in total. The Kier molecular flexibility index (Phi) is 18.4. The first-order valence-electron chi connectivity index (χ1n) is 20.3. The molecule has 16 heteroatoms. The van der Waals surface area contributed by atoms with Crippen molar-refractivity contribution in [1.82, 2.24) is 35.6 Å². The predicted molar refractivity (Wildman–Crippen MR) is 210 cm³/mol. The molecule has 3 rings (SSSR count). The largest absolute Gasteiger partial charge is 0.379 e. The molecule has 0 aromatic rings. The van der Waals surface area contributed by atoms with Gasteiger partial charge in [-0.2, -0.15) is 0 Å². The number of unbranched alkanes of at least 4 members (excludes halogenated alkanes) is 3. The summed E-state index contributed by atoms with van der Waals surface area (Å²) in [5, 5.41) is 8.35. The van der Waals surface area contributed by atoms with Gasteiger partial charge in [0.2, 0.25) is 29.5 Å². The van der Waals surface area contributed by atoms with E-state index in [4.69, 9.17) is 9.47 Å². The summed E-state index contributed by atoms with van der Waals surface area (Å²) in [4.78, 5) is 96.1. The number of hydrogen-bond acceptors (Lipinski definition) is 10. The maximum atomic E-state index is 14.0. The zero-order valence-electron chi connectivity index (χ0n) is 34.9. The van der Waals surface area contributed by atoms with Gasteiger partial charge in [0.15, 0.2) is 0 Å². The van der Waals surface area contributed by atoms with Gasteiger partial charge >= 0.3 is 0 Å². The molecule has 3 aliphatic heterocycles. The summed E-state index contributed by atoms with van der Waals surface area (Å²) < 4.78 is 11.8. The number of likely N-dealkylation sites (tertiary alicyclic amines) is 2. The van der Waals surface area contributed by atoms with Crippen LogP contribution >= 0.6 is 0 Å². The minimum Gasteiger partial charge on any atom is -0.379 e. The van der Waals surface area contributed by atoms with Crippen molar-refractivity contribution < 1.29 is 43.0 Å². The Balaban J connectivity index is 1.49. The first-order valence-corrected chi connectivity index (χ1v) is 20.3. The SMILES string of the molecule is CCC(C)C(C(CC(=O)N1CCCC1C(OC)C(C)C(=O)NCC(=O)NCCCCCCN1C(=O)C=CC1=O)OC)N(C)C(=O)CNC(=O)[C@@]1(C)CCCN1C. The fourth-order valence-corrected chi connectivity index (χ4v) is 8.20. The number of likely N-dealkylation sites (N-methyl/N-ethyl adjacent to an activating group) is 2. The number of carbonyl (C=O) groups is 7. The molecule has 6 unspecified atom stereocenters. The Morgan fingerprint density at radius 1 is 0.929 bits per heavy atom. The zero-order valence-corrected chi connectivity index (χ0v) is 34.9. The first-order chi connectivity index (χ1) is 26.6. The van der Waals surface area contributed by atoms with E-state index in [-0.39, 0.29) is 72.8 Å². The van der Waals surface area contributed by atoms with Crippen LogP contribution in [-0.4, -0.2) is 158 Å². The summed E-state index contributed by atoms with van der Waals surface area (Å²) in [5.41, 5.74) is -0.654. The smallest absolute Gasteiger partial charge is 0.253 e. The highest BCUT2D eigenvalue weighted by atomic mass is 16.5. The van der Waals surface area contributed by atoms with Crippen LogP contribution in [0.15, 0.2) is 12.2 Å². The predicted octanol–water partition coefficient (Wildman–Crippen LogP) is 1.23. The molecule has 56 heavy (non-hydrogen) atoms. The van der Waals surface area contributed by atoms with Crippen LogP contribution in [0.3, 0.4) is 0 Å². The van der Waals surface area contributed by atoms with Crippen LogP contribution in [0.25, 0.3) is 0 Å². The number of methoxy groups -OCH3 is 2. The van der Waals surface area contributed by atoms with Gasteiger partial charge in [-0.05, 0) is 65.0 Å². The molecule has 0 spiro atoms. The Morgan fingerprint density at radius 2 is 1.61 bits per heavy atom. The fraction of sp³-hybridized carbons (Fsp3) is 0.775. The molecule has 0 aliphatic carbocycles. The molecule has 0 radical (unpaired) electrons. The first kappa shape index (κ1) is 46.5. The number of carbonyl (C=O) groups excluding carboxylic acids is 7. The number of imide groups is 1. The van der Waals surface area contributed by atoms with Gasteiger partial charge in [-0.15, -0.1) is 0 Å². The van der Waals surface area contributed by atoms with Gasteiger partial charge in [0.1, 0.15) is 0 Å². The second-order valence-corrected chi connectivity index (χ2v) is 15.8. The molecule has 316 valence electrons. The van der Waals surface area contributed by atoms with Crippen molar-refractivity contribution in [3.8, 4) is 0 Å². The molecule has 7 amide bonds. The number of rotatable bonds is 23. The fourth-order valence-electron chi connectivity index (χ4n) is 8.20. The van der Waals surface area contributed by atoms with Crippen molar-refractivity contribution in [3.05, 3.63) is 12.2 Å². The lowest BCUT2D eigenvalue weighted by Gasteiger charge is -2.39. The third kappa shape index (κ3) is 12.1. The molecule has 2 fully saturated rings. The molecule has 0 aromatic carbocycles. The number of amides is 7. The molecule has 3 heterocycles. The highest BCUT2D eigenvalue weighted by molar-refractivity contribution is 6.12. The van der Waals surface area contributed by atoms with Crippen molar-refractivity contribution in [2.24, 2.45) is 11.8 Å². The molecular weight excluding hydrogens is 722 g/mol. The van der Waals surface area contributed by atoms with Gasteiger partial charge in [0, 0.05) is 53.1 Å². The Hall–Kier alpha value is -3.89. The normalized spacial score (nSPS) is 22.5. The summed E-state index contributed by atoms with van der Waals surface area (Å²) in [6.45, 7) is 9.43. The van der Waals surface area contributed by atoms with Gasteiger partial charge in [-0.25, -0.2) is 0 Å². The molecule has 0 bridgehead atoms. The Labute approximate surface area is 332 Å². The standard InChI is InChI=1S/C40H67N7O9/c1-9-27(2)36(45(6)35(52)26-43-39(54)40(4)19-15-21-44(40)5)30(55-7)24-34(51)46-23-14-16-29(46)37(56-8)28(3)38(53)42-25-31(48)41-20-12-10-11-13-22-47-32(49)17-18-33(47)50/h17-18,27-30,36-37H,9-16,19-26H2,1-8H3,(H,41,48)(H,42,53)(H,43,54)/t27?,28?,29?,30?,36?,37?,40-/m1/s1. The van der Waals surface area contributed by atoms with Crippen LogP contribution in [-0.2, 0) is 43.0 Å². The average molecular weight is 790 g/mol. The van der Waals surface area contributed by atoms with Crippen LogP contribution in [0.2, 0.25) is 0 Å². The van der Waals surface area contributed by atoms with Crippen molar-refractivity contribution in [2.75, 3.05) is 67.6 Å². The van der Waals surface area contributed by atoms with Crippen LogP contribution in [0, 0.1) is 11.8 Å². The maximum absolute atomic E-state index is 14.0. The third-order valence-corrected chi connectivity index (χ3v) is 12.1. The lowest BCUT2D eigenvalue weighted by molar-refractivity contribution is -0.146. The quantitative estimate of drug-likeness (QED) is 0.100. The summed E-state index contributed by atoms with van der Waals surface area (Å²) in [7, 11) is 6.66. The highest BCUT2D eigenvalue weighted by Gasteiger charge is 2.43. The van der Waals surface area contributed by atoms with E-state index in [2.05, 4.69) is 16.0 Å². The van der Waals surface area contributed by atoms with E-state index in [9.17, 15) is 33.6 Å². The molecule has 3 aliphatic rings. The minimum atomic E-state index is -0.660. The average Bonchev–Trinajstić information content (AvgIpc) is 3.90. The lowest BCUT2D eigenvalue weighted by Crippen LogP contribution is -2.56. The number of nitrogens with zero attached hydrogens (tertiary/aromatic N) is 4. The Morgan fingerprint density at radius 3 is 2.21 bits per heavy atom. The van der Waals surface area contributed by atoms with Crippen LogP contribution < -0.4 is 16.0 Å². The zero-order chi connectivity index (χ0) is 41.6. The van der Waals surface area contributed by atoms with Crippen LogP contribution in [0.5, 0.6) is 0 Å². The molecule has 16 nitrogen and oxygen atoms in total. The summed E-state index contributed by atoms with van der Waals surface area (Å²) in [6.07, 6.45) is 8.11. The lowest BCUT2D eigenvalue weighted by atomic mass is 9.90. The van der Waals surface area contributed by atoms with Gasteiger partial charge < -0.3 is 35.2 Å². The van der Waals surface area contributed by atoms with E-state index in [1.54, 1.807) is 23.8 Å². The van der Waals surface area contributed by atoms with Crippen molar-refractivity contribution >= 4 is 41.4 Å². The van der Waals surface area contributed by atoms with Crippen LogP contribution in [0.1, 0.15) is 91.9 Å². The van der Waals surface area contributed by atoms with Crippen LogP contribution in [0.4, 0.5) is 0 Å². The Bertz CT molecular complexity index is 1410. The summed E-state index contributed by atoms with van der Waals surface area (Å²) >= 11 is 0. The van der Waals surface area contributed by atoms with E-state index in [0.717, 1.165) is 51.5 Å². The van der Waals surface area contributed by atoms with Crippen molar-refractivity contribution in [1.29, 1.82) is 0 Å². The van der Waals surface area contributed by atoms with Crippen molar-refractivity contribution in [2.45, 2.75) is 122 Å². The monoisotopic (exact) mass is 790 g/mol. The van der Waals surface area contributed by atoms with Gasteiger partial charge in [0.25, 0.3) is 11.8 Å². The van der Waals surface area contributed by atoms with E-state index in [0.29, 0.717) is 32.5 Å². The van der Waals surface area contributed by atoms with Crippen molar-refractivity contribution in [3.63, 3.8) is 0 Å². The van der Waals surface area contributed by atoms with Gasteiger partial charge in [-0.1, -0.05) is 40.0 Å². The second kappa shape index (κ2) is 22.2. The molecule has 0 aromatic heterocycles. The summed E-state index contributed by atoms with van der Waals surface area (Å²) in [5.74, 6) is -2.53. The van der Waals surface area contributed by atoms with Gasteiger partial charge in [0.05, 0.1) is 55.3 Å². The maximum Gasteiger partial charge on any atom is 0.253 e. The summed E-state index contributed by atoms with van der Waals surface area (Å²) in [6, 6.07) is -0.807. The number of hydrogen-bond donors (Lipinski definition) is 3. The molecular formula is C40H67N7O9. The van der Waals surface area contributed by atoms with E-state index < -0.39 is 29.7 Å². The molecule has 7 atom stereocenters. The number of ether oxygens (including phenoxy) is 2. The van der Waals surface area contributed by atoms with E-state index >= 15 is 0 Å². The minimum absolute atomic E-state index is 0.0124. The van der Waals surface area contributed by atoms with E-state index in [1.165, 1.54) is 31.3 Å². The number of nitrogens with one attached hydrogen (secondary N) is 3. The van der Waals surface area contributed by atoms with Gasteiger partial charge in [-0.3, -0.25) is 43.4 Å². The third-order valence-electron chi connectivity index (χ3n) is 12.1. The van der Waals surface area contributed by atoms with E-state index in [1.807, 2.05) is 32.7 Å².